The van der Waals surface area contributed by atoms with Gasteiger partial charge in [-0.05, 0) is 41.2 Å². The third kappa shape index (κ3) is 4.13. The smallest absolute Gasteiger partial charge is 0.314 e. The van der Waals surface area contributed by atoms with E-state index >= 15 is 0 Å². The maximum absolute atomic E-state index is 7.82. The summed E-state index contributed by atoms with van der Waals surface area (Å²) in [6, 6.07) is 35.7. The van der Waals surface area contributed by atoms with Gasteiger partial charge in [0.2, 0.25) is 0 Å². The SMILES string of the molecule is [2H]c1ccnc(Sc2[c-]c(-c3[c-]c4c(cc3)c3ccccc3n4-c3ccccn3)ccc2)c1.[Pt+2]. The Balaban J connectivity index is 0.00000241. The largest absolute Gasteiger partial charge is 2.00 e. The van der Waals surface area contributed by atoms with Crippen molar-refractivity contribution < 1.29 is 22.4 Å². The van der Waals surface area contributed by atoms with Crippen LogP contribution >= 0.6 is 11.8 Å². The van der Waals surface area contributed by atoms with E-state index in [1.807, 2.05) is 42.6 Å². The van der Waals surface area contributed by atoms with Crippen LogP contribution in [0.2, 0.25) is 0 Å². The van der Waals surface area contributed by atoms with Gasteiger partial charge in [-0.2, -0.15) is 30.3 Å². The predicted octanol–water partition coefficient (Wildman–Crippen LogP) is 6.99. The van der Waals surface area contributed by atoms with Crippen molar-refractivity contribution in [2.24, 2.45) is 0 Å². The first kappa shape index (κ1) is 20.4. The van der Waals surface area contributed by atoms with Crippen LogP contribution in [0.3, 0.4) is 0 Å². The van der Waals surface area contributed by atoms with Gasteiger partial charge in [-0.1, -0.05) is 52.4 Å². The second-order valence-corrected chi connectivity index (χ2v) is 8.36. The molecule has 0 amide bonds. The maximum Gasteiger partial charge on any atom is 2.00 e. The average molecular weight is 624 g/mol. The summed E-state index contributed by atoms with van der Waals surface area (Å²) in [7, 11) is 0. The summed E-state index contributed by atoms with van der Waals surface area (Å²) in [4.78, 5) is 9.90. The summed E-state index contributed by atoms with van der Waals surface area (Å²) in [5.74, 6) is 0.867. The molecule has 3 aromatic carbocycles. The van der Waals surface area contributed by atoms with E-state index in [0.29, 0.717) is 6.04 Å². The van der Waals surface area contributed by atoms with Crippen LogP contribution in [-0.4, -0.2) is 14.5 Å². The number of nitrogens with zero attached hydrogens (tertiary/aromatic N) is 3. The number of fused-ring (bicyclic) bond motifs is 3. The van der Waals surface area contributed by atoms with Gasteiger partial charge in [-0.15, -0.1) is 12.1 Å². The molecule has 0 saturated heterocycles. The van der Waals surface area contributed by atoms with Crippen molar-refractivity contribution in [2.45, 2.75) is 9.92 Å². The minimum absolute atomic E-state index is 0. The molecule has 0 spiro atoms. The van der Waals surface area contributed by atoms with Gasteiger partial charge in [-0.25, -0.2) is 21.1 Å². The third-order valence-electron chi connectivity index (χ3n) is 5.31. The van der Waals surface area contributed by atoms with E-state index in [1.54, 1.807) is 18.3 Å². The Labute approximate surface area is 212 Å². The molecular formula is C28H17N3PtS. The number of benzene rings is 3. The average Bonchev–Trinajstić information content (AvgIpc) is 3.18. The summed E-state index contributed by atoms with van der Waals surface area (Å²) >= 11 is 1.50. The summed E-state index contributed by atoms with van der Waals surface area (Å²) in [5.41, 5.74) is 4.02. The van der Waals surface area contributed by atoms with Crippen LogP contribution in [0, 0.1) is 12.1 Å². The van der Waals surface area contributed by atoms with E-state index in [-0.39, 0.29) is 21.1 Å². The van der Waals surface area contributed by atoms with Crippen molar-refractivity contribution in [1.29, 1.82) is 0 Å². The molecule has 0 aliphatic heterocycles. The van der Waals surface area contributed by atoms with Crippen molar-refractivity contribution in [3.05, 3.63) is 115 Å². The second kappa shape index (κ2) is 9.35. The van der Waals surface area contributed by atoms with E-state index in [1.165, 1.54) is 17.1 Å². The Morgan fingerprint density at radius 1 is 0.727 bits per heavy atom. The van der Waals surface area contributed by atoms with Crippen molar-refractivity contribution in [1.82, 2.24) is 14.5 Å². The fourth-order valence-electron chi connectivity index (χ4n) is 3.92. The molecule has 33 heavy (non-hydrogen) atoms. The number of pyridine rings is 2. The zero-order valence-corrected chi connectivity index (χ0v) is 20.4. The number of aromatic nitrogens is 3. The molecular weight excluding hydrogens is 605 g/mol. The van der Waals surface area contributed by atoms with Crippen LogP contribution in [-0.2, 0) is 21.1 Å². The van der Waals surface area contributed by atoms with Gasteiger partial charge in [-0.3, -0.25) is 0 Å². The summed E-state index contributed by atoms with van der Waals surface area (Å²) < 4.78 is 9.98. The van der Waals surface area contributed by atoms with Crippen LogP contribution in [0.5, 0.6) is 0 Å². The van der Waals surface area contributed by atoms with Gasteiger partial charge >= 0.3 is 21.1 Å². The molecule has 0 N–H and O–H groups in total. The van der Waals surface area contributed by atoms with Gasteiger partial charge < -0.3 is 4.57 Å². The first-order valence-corrected chi connectivity index (χ1v) is 11.1. The van der Waals surface area contributed by atoms with E-state index in [4.69, 9.17) is 1.37 Å². The first-order chi connectivity index (χ1) is 16.3. The Hall–Kier alpha value is -3.20. The zero-order valence-electron chi connectivity index (χ0n) is 18.3. The molecule has 3 nitrogen and oxygen atoms in total. The van der Waals surface area contributed by atoms with Gasteiger partial charge in [0.1, 0.15) is 5.82 Å². The third-order valence-corrected chi connectivity index (χ3v) is 6.20. The molecule has 3 aromatic heterocycles. The molecule has 5 heteroatoms. The number of hydrogen-bond acceptors (Lipinski definition) is 3. The fraction of sp³-hybridized carbons (Fsp3) is 0. The first-order valence-electron chi connectivity index (χ1n) is 10.8. The molecule has 0 radical (unpaired) electrons. The summed E-state index contributed by atoms with van der Waals surface area (Å²) in [5, 5.41) is 3.10. The van der Waals surface area contributed by atoms with Gasteiger partial charge in [0, 0.05) is 17.9 Å². The molecule has 3 heterocycles. The summed E-state index contributed by atoms with van der Waals surface area (Å²) in [6.45, 7) is 0. The Bertz CT molecular complexity index is 1620. The van der Waals surface area contributed by atoms with Crippen LogP contribution in [0.4, 0.5) is 0 Å². The molecule has 6 rings (SSSR count). The fourth-order valence-corrected chi connectivity index (χ4v) is 4.69. The standard InChI is InChI=1S/C28H17N3S.Pt/c1-2-11-25-23(10-1)24-15-14-21(19-26(24)31(25)27-12-3-5-16-29-27)20-8-7-9-22(18-20)32-28-13-4-6-17-30-28;/h1-17H;/q-2;+2/i4D;. The van der Waals surface area contributed by atoms with E-state index in [0.717, 1.165) is 43.3 Å². The minimum Gasteiger partial charge on any atom is -0.314 e. The number of para-hydroxylation sites is 1. The molecule has 0 bridgehead atoms. The quantitative estimate of drug-likeness (QED) is 0.199. The van der Waals surface area contributed by atoms with Crippen LogP contribution < -0.4 is 0 Å². The maximum atomic E-state index is 7.82. The van der Waals surface area contributed by atoms with Crippen molar-refractivity contribution in [3.8, 4) is 16.9 Å². The molecule has 0 aliphatic carbocycles. The molecule has 0 unspecified atom stereocenters. The predicted molar refractivity (Wildman–Crippen MR) is 130 cm³/mol. The normalized spacial score (nSPS) is 11.3. The molecule has 0 fully saturated rings. The second-order valence-electron chi connectivity index (χ2n) is 7.30. The van der Waals surface area contributed by atoms with Crippen LogP contribution in [0.15, 0.2) is 113 Å². The van der Waals surface area contributed by atoms with Gasteiger partial charge in [0.25, 0.3) is 0 Å². The Morgan fingerprint density at radius 2 is 1.58 bits per heavy atom. The number of rotatable bonds is 4. The van der Waals surface area contributed by atoms with Crippen molar-refractivity contribution in [3.63, 3.8) is 0 Å². The van der Waals surface area contributed by atoms with Crippen LogP contribution in [0.1, 0.15) is 1.37 Å². The van der Waals surface area contributed by atoms with Gasteiger partial charge in [0.05, 0.1) is 6.40 Å². The van der Waals surface area contributed by atoms with E-state index in [9.17, 15) is 0 Å². The zero-order chi connectivity index (χ0) is 22.2. The van der Waals surface area contributed by atoms with Gasteiger partial charge in [0.15, 0.2) is 0 Å². The molecule has 0 aliphatic rings. The minimum atomic E-state index is 0. The monoisotopic (exact) mass is 623 g/mol. The Morgan fingerprint density at radius 3 is 2.45 bits per heavy atom. The molecule has 160 valence electrons. The number of hydrogen-bond donors (Lipinski definition) is 0. The Kier molecular flexibility index (Phi) is 5.78. The van der Waals surface area contributed by atoms with E-state index in [2.05, 4.69) is 63.1 Å². The van der Waals surface area contributed by atoms with Crippen molar-refractivity contribution in [2.75, 3.05) is 0 Å². The topological polar surface area (TPSA) is 30.7 Å². The molecule has 0 saturated carbocycles. The molecule has 6 aromatic rings. The van der Waals surface area contributed by atoms with Crippen LogP contribution in [0.25, 0.3) is 38.8 Å². The van der Waals surface area contributed by atoms with E-state index < -0.39 is 0 Å². The molecule has 0 atom stereocenters. The van der Waals surface area contributed by atoms with Crippen molar-refractivity contribution >= 4 is 33.6 Å². The summed E-state index contributed by atoms with van der Waals surface area (Å²) in [6.07, 6.45) is 3.47.